The lowest BCUT2D eigenvalue weighted by molar-refractivity contribution is -0.119. The molecule has 0 saturated carbocycles. The van der Waals surface area contributed by atoms with Gasteiger partial charge in [-0.2, -0.15) is 5.10 Å². The van der Waals surface area contributed by atoms with Crippen LogP contribution >= 0.6 is 0 Å². The van der Waals surface area contributed by atoms with Gasteiger partial charge in [0.25, 0.3) is 0 Å². The molecule has 0 spiro atoms. The van der Waals surface area contributed by atoms with Gasteiger partial charge in [0.2, 0.25) is 5.91 Å². The number of fused-ring (bicyclic) bond motifs is 1. The second-order valence-electron chi connectivity index (χ2n) is 7.37. The van der Waals surface area contributed by atoms with Crippen LogP contribution < -0.4 is 4.90 Å². The first kappa shape index (κ1) is 20.4. The highest BCUT2D eigenvalue weighted by Crippen LogP contribution is 2.23. The van der Waals surface area contributed by atoms with Gasteiger partial charge in [0.15, 0.2) is 5.82 Å². The van der Waals surface area contributed by atoms with Crippen LogP contribution in [0.4, 0.5) is 14.5 Å². The van der Waals surface area contributed by atoms with E-state index < -0.39 is 11.6 Å². The second-order valence-corrected chi connectivity index (χ2v) is 7.37. The fourth-order valence-corrected chi connectivity index (χ4v) is 3.60. The Labute approximate surface area is 186 Å². The number of anilines is 1. The monoisotopic (exact) mass is 445 g/mol. The average molecular weight is 445 g/mol. The zero-order valence-corrected chi connectivity index (χ0v) is 17.2. The van der Waals surface area contributed by atoms with Crippen molar-refractivity contribution >= 4 is 22.6 Å². The summed E-state index contributed by atoms with van der Waals surface area (Å²) in [7, 11) is 0. The molecule has 5 rings (SSSR count). The summed E-state index contributed by atoms with van der Waals surface area (Å²) in [6.45, 7) is -0.121. The van der Waals surface area contributed by atoms with E-state index in [1.807, 2.05) is 18.2 Å². The third-order valence-electron chi connectivity index (χ3n) is 5.14. The normalized spacial score (nSPS) is 11.1. The van der Waals surface area contributed by atoms with Gasteiger partial charge in [0.05, 0.1) is 12.1 Å². The van der Waals surface area contributed by atoms with Crippen molar-refractivity contribution in [3.8, 4) is 11.4 Å². The van der Waals surface area contributed by atoms with Crippen LogP contribution in [0.1, 0.15) is 5.56 Å². The molecule has 33 heavy (non-hydrogen) atoms. The summed E-state index contributed by atoms with van der Waals surface area (Å²) >= 11 is 0. The Bertz CT molecular complexity index is 1390. The molecule has 164 valence electrons. The number of benzene rings is 3. The van der Waals surface area contributed by atoms with Gasteiger partial charge >= 0.3 is 0 Å². The molecule has 10 heteroatoms. The molecule has 1 N–H and O–H groups in total. The molecule has 0 radical (unpaired) electrons. The lowest BCUT2D eigenvalue weighted by atomic mass is 10.1. The van der Waals surface area contributed by atoms with Crippen molar-refractivity contribution < 1.29 is 13.6 Å². The molecule has 0 aliphatic carbocycles. The van der Waals surface area contributed by atoms with Crippen LogP contribution in [-0.2, 0) is 17.9 Å². The summed E-state index contributed by atoms with van der Waals surface area (Å²) in [6, 6.07) is 17.6. The number of hydrogen-bond donors (Lipinski definition) is 1. The molecule has 5 aromatic rings. The van der Waals surface area contributed by atoms with Gasteiger partial charge in [-0.25, -0.2) is 18.4 Å². The van der Waals surface area contributed by atoms with Gasteiger partial charge in [-0.1, -0.05) is 17.3 Å². The number of amides is 1. The molecule has 0 saturated heterocycles. The molecule has 0 unspecified atom stereocenters. The van der Waals surface area contributed by atoms with Crippen molar-refractivity contribution in [3.63, 3.8) is 0 Å². The van der Waals surface area contributed by atoms with Crippen molar-refractivity contribution in [2.75, 3.05) is 4.90 Å². The molecule has 0 bridgehead atoms. The van der Waals surface area contributed by atoms with Crippen LogP contribution in [0, 0.1) is 11.6 Å². The standard InChI is InChI=1S/C23H17F2N7O/c24-17-9-15(10-18(25)11-17)12-31(19-7-5-16(6-8-19)23-26-14-27-29-23)22(33)13-32-21-4-2-1-3-20(21)28-30-32/h1-11,14H,12-13H2,(H,26,27,29). The molecule has 2 aromatic heterocycles. The number of aromatic nitrogens is 6. The van der Waals surface area contributed by atoms with Gasteiger partial charge in [-0.3, -0.25) is 9.89 Å². The number of para-hydroxylation sites is 1. The molecule has 0 fully saturated rings. The smallest absolute Gasteiger partial charge is 0.249 e. The highest BCUT2D eigenvalue weighted by Gasteiger charge is 2.20. The minimum Gasteiger partial charge on any atom is -0.306 e. The molecular formula is C23H17F2N7O. The zero-order chi connectivity index (χ0) is 22.8. The van der Waals surface area contributed by atoms with Crippen molar-refractivity contribution in [3.05, 3.63) is 90.3 Å². The largest absolute Gasteiger partial charge is 0.306 e. The van der Waals surface area contributed by atoms with E-state index in [-0.39, 0.29) is 19.0 Å². The number of aromatic amines is 1. The molecule has 0 aliphatic rings. The van der Waals surface area contributed by atoms with E-state index in [1.165, 1.54) is 28.0 Å². The van der Waals surface area contributed by atoms with E-state index in [2.05, 4.69) is 25.5 Å². The number of nitrogens with one attached hydrogen (secondary N) is 1. The Morgan fingerprint density at radius 2 is 1.76 bits per heavy atom. The maximum absolute atomic E-state index is 13.8. The van der Waals surface area contributed by atoms with E-state index >= 15 is 0 Å². The topological polar surface area (TPSA) is 92.6 Å². The third kappa shape index (κ3) is 4.31. The summed E-state index contributed by atoms with van der Waals surface area (Å²) < 4.78 is 29.1. The van der Waals surface area contributed by atoms with E-state index in [4.69, 9.17) is 0 Å². The summed E-state index contributed by atoms with van der Waals surface area (Å²) in [5, 5.41) is 14.8. The fourth-order valence-electron chi connectivity index (χ4n) is 3.60. The van der Waals surface area contributed by atoms with Gasteiger partial charge in [-0.15, -0.1) is 5.10 Å². The number of halogens is 2. The van der Waals surface area contributed by atoms with Crippen molar-refractivity contribution in [2.24, 2.45) is 0 Å². The summed E-state index contributed by atoms with van der Waals surface area (Å²) in [6.07, 6.45) is 1.40. The summed E-state index contributed by atoms with van der Waals surface area (Å²) in [5.74, 6) is -1.15. The first-order valence-corrected chi connectivity index (χ1v) is 10.1. The average Bonchev–Trinajstić information content (AvgIpc) is 3.48. The van der Waals surface area contributed by atoms with E-state index in [1.54, 1.807) is 30.3 Å². The number of carbonyl (C=O) groups is 1. The van der Waals surface area contributed by atoms with E-state index in [9.17, 15) is 13.6 Å². The lowest BCUT2D eigenvalue weighted by Gasteiger charge is -2.23. The highest BCUT2D eigenvalue weighted by molar-refractivity contribution is 5.94. The van der Waals surface area contributed by atoms with Crippen LogP contribution in [0.25, 0.3) is 22.4 Å². The first-order valence-electron chi connectivity index (χ1n) is 10.1. The van der Waals surface area contributed by atoms with Crippen LogP contribution in [0.15, 0.2) is 73.1 Å². The number of rotatable bonds is 6. The molecule has 0 atom stereocenters. The fraction of sp³-hybridized carbons (Fsp3) is 0.0870. The van der Waals surface area contributed by atoms with Crippen LogP contribution in [0.3, 0.4) is 0 Å². The molecule has 1 amide bonds. The highest BCUT2D eigenvalue weighted by atomic mass is 19.1. The molecule has 3 aromatic carbocycles. The predicted molar refractivity (Wildman–Crippen MR) is 117 cm³/mol. The SMILES string of the molecule is O=C(Cn1nnc2ccccc21)N(Cc1cc(F)cc(F)c1)c1ccc(-c2ncn[nH]2)cc1. The van der Waals surface area contributed by atoms with Gasteiger partial charge in [-0.05, 0) is 54.1 Å². The van der Waals surface area contributed by atoms with Crippen molar-refractivity contribution in [2.45, 2.75) is 13.1 Å². The van der Waals surface area contributed by atoms with Gasteiger partial charge < -0.3 is 4.90 Å². The molecule has 0 aliphatic heterocycles. The quantitative estimate of drug-likeness (QED) is 0.430. The summed E-state index contributed by atoms with van der Waals surface area (Å²) in [5.41, 5.74) is 3.03. The Kier molecular flexibility index (Phi) is 5.31. The van der Waals surface area contributed by atoms with Gasteiger partial charge in [0, 0.05) is 17.3 Å². The van der Waals surface area contributed by atoms with Crippen LogP contribution in [0.2, 0.25) is 0 Å². The third-order valence-corrected chi connectivity index (χ3v) is 5.14. The number of hydrogen-bond acceptors (Lipinski definition) is 5. The first-order chi connectivity index (χ1) is 16.1. The minimum atomic E-state index is -0.708. The Morgan fingerprint density at radius 1 is 1.00 bits per heavy atom. The van der Waals surface area contributed by atoms with Gasteiger partial charge in [0.1, 0.15) is 30.0 Å². The predicted octanol–water partition coefficient (Wildman–Crippen LogP) is 3.73. The number of carbonyl (C=O) groups excluding carboxylic acids is 1. The number of H-pyrrole nitrogens is 1. The van der Waals surface area contributed by atoms with Crippen molar-refractivity contribution in [1.82, 2.24) is 30.2 Å². The van der Waals surface area contributed by atoms with Crippen LogP contribution in [0.5, 0.6) is 0 Å². The molecule has 2 heterocycles. The second kappa shape index (κ2) is 8.58. The molecule has 8 nitrogen and oxygen atoms in total. The Balaban J connectivity index is 1.48. The molecular weight excluding hydrogens is 428 g/mol. The summed E-state index contributed by atoms with van der Waals surface area (Å²) in [4.78, 5) is 18.9. The lowest BCUT2D eigenvalue weighted by Crippen LogP contribution is -2.33. The van der Waals surface area contributed by atoms with E-state index in [0.29, 0.717) is 28.1 Å². The van der Waals surface area contributed by atoms with Crippen molar-refractivity contribution in [1.29, 1.82) is 0 Å². The Hall–Kier alpha value is -4.47. The van der Waals surface area contributed by atoms with E-state index in [0.717, 1.165) is 11.6 Å². The maximum Gasteiger partial charge on any atom is 0.249 e. The Morgan fingerprint density at radius 3 is 2.48 bits per heavy atom. The minimum absolute atomic E-state index is 0.0260. The maximum atomic E-state index is 13.8. The van der Waals surface area contributed by atoms with Crippen LogP contribution in [-0.4, -0.2) is 36.1 Å². The number of nitrogens with zero attached hydrogens (tertiary/aromatic N) is 6. The zero-order valence-electron chi connectivity index (χ0n) is 17.2.